The molecule has 2 heterocycles. The number of benzene rings is 3. The molecule has 0 radical (unpaired) electrons. The van der Waals surface area contributed by atoms with Crippen molar-refractivity contribution in [3.05, 3.63) is 58.8 Å². The van der Waals surface area contributed by atoms with Gasteiger partial charge in [-0.3, -0.25) is 4.79 Å². The summed E-state index contributed by atoms with van der Waals surface area (Å²) < 4.78 is 22.6. The van der Waals surface area contributed by atoms with Crippen molar-refractivity contribution in [2.75, 3.05) is 0 Å². The number of hydrogen-bond acceptors (Lipinski definition) is 13. The van der Waals surface area contributed by atoms with E-state index in [1.165, 1.54) is 37.3 Å². The van der Waals surface area contributed by atoms with E-state index in [9.17, 15) is 45.6 Å². The molecule has 1 aliphatic rings. The van der Waals surface area contributed by atoms with Crippen LogP contribution in [0.5, 0.6) is 46.0 Å². The Hall–Kier alpha value is -4.69. The Kier molecular flexibility index (Phi) is 6.81. The summed E-state index contributed by atoms with van der Waals surface area (Å²) in [6.07, 6.45) is -7.58. The van der Waals surface area contributed by atoms with Crippen molar-refractivity contribution in [2.24, 2.45) is 0 Å². The van der Waals surface area contributed by atoms with Crippen molar-refractivity contribution in [3.63, 3.8) is 0 Å². The Bertz CT molecular complexity index is 1650. The monoisotopic (exact) mass is 556 g/mol. The van der Waals surface area contributed by atoms with Crippen LogP contribution in [0.3, 0.4) is 0 Å². The molecule has 0 amide bonds. The van der Waals surface area contributed by atoms with Gasteiger partial charge in [0.1, 0.15) is 46.5 Å². The lowest BCUT2D eigenvalue weighted by atomic mass is 10.00. The summed E-state index contributed by atoms with van der Waals surface area (Å²) in [6, 6.07) is 9.21. The van der Waals surface area contributed by atoms with Gasteiger partial charge in [0.2, 0.25) is 17.5 Å². The average Bonchev–Trinajstić information content (AvgIpc) is 2.89. The Morgan fingerprint density at radius 2 is 1.48 bits per heavy atom. The van der Waals surface area contributed by atoms with Crippen LogP contribution in [-0.4, -0.2) is 71.6 Å². The fraction of sp³-hybridized carbons (Fsp3) is 0.222. The summed E-state index contributed by atoms with van der Waals surface area (Å²) in [5.41, 5.74) is -1.13. The van der Waals surface area contributed by atoms with Gasteiger partial charge in [0, 0.05) is 23.8 Å². The Labute approximate surface area is 224 Å². The highest BCUT2D eigenvalue weighted by molar-refractivity contribution is 5.88. The number of phenols is 5. The molecule has 13 nitrogen and oxygen atoms in total. The molecule has 5 unspecified atom stereocenters. The lowest BCUT2D eigenvalue weighted by Gasteiger charge is -2.38. The molecule has 1 fully saturated rings. The average molecular weight is 556 g/mol. The van der Waals surface area contributed by atoms with Gasteiger partial charge in [-0.2, -0.15) is 0 Å². The predicted octanol–water partition coefficient (Wildman–Crippen LogP) is 1.99. The third-order valence-electron chi connectivity index (χ3n) is 6.34. The van der Waals surface area contributed by atoms with Gasteiger partial charge < -0.3 is 59.5 Å². The standard InChI is InChI=1S/C27H24O13/c1-10-21(33)23(35)24(36)27(37-10)40-26-22(34)20-16(32)8-13(29)9-19(20)39-25(26)11-2-4-14(30)18(6-11)38-17-5-3-12(28)7-15(17)31/h2-10,21,23-24,27-33,35-36H,1H3. The van der Waals surface area contributed by atoms with Crippen LogP contribution in [0, 0.1) is 0 Å². The van der Waals surface area contributed by atoms with Crippen molar-refractivity contribution in [1.29, 1.82) is 0 Å². The summed E-state index contributed by atoms with van der Waals surface area (Å²) in [7, 11) is 0. The first kappa shape index (κ1) is 26.9. The maximum atomic E-state index is 13.6. The van der Waals surface area contributed by atoms with Crippen molar-refractivity contribution in [1.82, 2.24) is 0 Å². The zero-order valence-corrected chi connectivity index (χ0v) is 20.6. The van der Waals surface area contributed by atoms with E-state index < -0.39 is 59.1 Å². The molecular formula is C27H24O13. The topological polar surface area (TPSA) is 220 Å². The zero-order valence-electron chi connectivity index (χ0n) is 20.6. The van der Waals surface area contributed by atoms with Crippen LogP contribution in [0.4, 0.5) is 0 Å². The van der Waals surface area contributed by atoms with Gasteiger partial charge >= 0.3 is 0 Å². The van der Waals surface area contributed by atoms with Crippen LogP contribution in [0.15, 0.2) is 57.7 Å². The molecule has 1 aliphatic heterocycles. The molecular weight excluding hydrogens is 532 g/mol. The molecule has 0 aliphatic carbocycles. The normalized spacial score (nSPS) is 22.8. The first-order valence-corrected chi connectivity index (χ1v) is 11.9. The van der Waals surface area contributed by atoms with Crippen molar-refractivity contribution < 1.29 is 59.5 Å². The number of ether oxygens (including phenoxy) is 3. The molecule has 0 spiro atoms. The van der Waals surface area contributed by atoms with E-state index >= 15 is 0 Å². The lowest BCUT2D eigenvalue weighted by molar-refractivity contribution is -0.268. The molecule has 8 N–H and O–H groups in total. The fourth-order valence-electron chi connectivity index (χ4n) is 4.24. The van der Waals surface area contributed by atoms with Crippen molar-refractivity contribution in [2.45, 2.75) is 37.6 Å². The number of rotatable bonds is 5. The maximum Gasteiger partial charge on any atom is 0.239 e. The molecule has 0 bridgehead atoms. The Morgan fingerprint density at radius 1 is 0.750 bits per heavy atom. The van der Waals surface area contributed by atoms with Crippen LogP contribution < -0.4 is 14.9 Å². The highest BCUT2D eigenvalue weighted by Gasteiger charge is 2.44. The van der Waals surface area contributed by atoms with E-state index in [-0.39, 0.29) is 45.3 Å². The van der Waals surface area contributed by atoms with E-state index in [1.54, 1.807) is 0 Å². The molecule has 1 aromatic heterocycles. The molecule has 0 saturated carbocycles. The van der Waals surface area contributed by atoms with Gasteiger partial charge in [-0.1, -0.05) is 0 Å². The third-order valence-corrected chi connectivity index (χ3v) is 6.34. The van der Waals surface area contributed by atoms with Gasteiger partial charge in [0.05, 0.1) is 6.10 Å². The number of aromatic hydroxyl groups is 5. The number of hydrogen-bond donors (Lipinski definition) is 8. The SMILES string of the molecule is CC1OC(Oc2c(-c3ccc(O)c(Oc4ccc(O)cc4O)c3)oc3cc(O)cc(O)c3c2=O)C(O)C(O)C1O. The van der Waals surface area contributed by atoms with Crippen molar-refractivity contribution in [3.8, 4) is 57.3 Å². The number of phenolic OH excluding ortho intramolecular Hbond substituents is 5. The Morgan fingerprint density at radius 3 is 2.20 bits per heavy atom. The number of aliphatic hydroxyl groups is 3. The van der Waals surface area contributed by atoms with E-state index in [1.807, 2.05) is 0 Å². The van der Waals surface area contributed by atoms with E-state index in [0.29, 0.717) is 0 Å². The van der Waals surface area contributed by atoms with Crippen LogP contribution in [-0.2, 0) is 4.74 Å². The zero-order chi connectivity index (χ0) is 28.9. The molecule has 13 heteroatoms. The summed E-state index contributed by atoms with van der Waals surface area (Å²) in [4.78, 5) is 13.6. The van der Waals surface area contributed by atoms with Gasteiger partial charge in [-0.25, -0.2) is 0 Å². The lowest BCUT2D eigenvalue weighted by Crippen LogP contribution is -2.58. The minimum absolute atomic E-state index is 0.0573. The molecule has 3 aromatic carbocycles. The van der Waals surface area contributed by atoms with E-state index in [2.05, 4.69) is 0 Å². The van der Waals surface area contributed by atoms with Gasteiger partial charge in [0.25, 0.3) is 0 Å². The summed E-state index contributed by atoms with van der Waals surface area (Å²) in [5.74, 6) is -3.33. The van der Waals surface area contributed by atoms with E-state index in [0.717, 1.165) is 18.2 Å². The first-order valence-electron chi connectivity index (χ1n) is 11.9. The third kappa shape index (κ3) is 4.78. The smallest absolute Gasteiger partial charge is 0.239 e. The molecule has 1 saturated heterocycles. The van der Waals surface area contributed by atoms with Crippen LogP contribution >= 0.6 is 0 Å². The van der Waals surface area contributed by atoms with Gasteiger partial charge in [0.15, 0.2) is 28.8 Å². The maximum absolute atomic E-state index is 13.6. The molecule has 4 aromatic rings. The van der Waals surface area contributed by atoms with Gasteiger partial charge in [-0.05, 0) is 37.3 Å². The largest absolute Gasteiger partial charge is 0.508 e. The Balaban J connectivity index is 1.66. The molecule has 5 rings (SSSR count). The fourth-order valence-corrected chi connectivity index (χ4v) is 4.24. The van der Waals surface area contributed by atoms with Crippen LogP contribution in [0.25, 0.3) is 22.3 Å². The predicted molar refractivity (Wildman–Crippen MR) is 136 cm³/mol. The summed E-state index contributed by atoms with van der Waals surface area (Å²) in [6.45, 7) is 1.41. The second kappa shape index (κ2) is 10.1. The minimum Gasteiger partial charge on any atom is -0.508 e. The number of aliphatic hydroxyl groups excluding tert-OH is 3. The van der Waals surface area contributed by atoms with E-state index in [4.69, 9.17) is 18.6 Å². The van der Waals surface area contributed by atoms with Gasteiger partial charge in [-0.15, -0.1) is 0 Å². The quantitative estimate of drug-likeness (QED) is 0.176. The second-order valence-corrected chi connectivity index (χ2v) is 9.16. The number of fused-ring (bicyclic) bond motifs is 1. The molecule has 5 atom stereocenters. The van der Waals surface area contributed by atoms with Crippen LogP contribution in [0.1, 0.15) is 6.92 Å². The molecule has 40 heavy (non-hydrogen) atoms. The molecule has 210 valence electrons. The highest BCUT2D eigenvalue weighted by atomic mass is 16.7. The second-order valence-electron chi connectivity index (χ2n) is 9.16. The summed E-state index contributed by atoms with van der Waals surface area (Å²) >= 11 is 0. The summed E-state index contributed by atoms with van der Waals surface area (Å²) in [5, 5.41) is 80.6. The highest BCUT2D eigenvalue weighted by Crippen LogP contribution is 2.42. The van der Waals surface area contributed by atoms with Crippen molar-refractivity contribution >= 4 is 11.0 Å². The first-order chi connectivity index (χ1) is 18.9. The minimum atomic E-state index is -1.79. The van der Waals surface area contributed by atoms with Crippen LogP contribution in [0.2, 0.25) is 0 Å².